The Morgan fingerprint density at radius 3 is 2.35 bits per heavy atom. The van der Waals surface area contributed by atoms with E-state index in [4.69, 9.17) is 16.3 Å². The first-order valence-corrected chi connectivity index (χ1v) is 8.99. The maximum absolute atomic E-state index is 12.2. The number of carbonyl (C=O) groups is 2. The number of rotatable bonds is 5. The van der Waals surface area contributed by atoms with Crippen molar-refractivity contribution in [3.63, 3.8) is 0 Å². The van der Waals surface area contributed by atoms with Crippen LogP contribution in [0.3, 0.4) is 0 Å². The number of carbonyl (C=O) groups excluding carboxylic acids is 2. The van der Waals surface area contributed by atoms with Crippen LogP contribution in [0.1, 0.15) is 25.6 Å². The normalized spacial score (nSPS) is 10.2. The van der Waals surface area contributed by atoms with Gasteiger partial charge in [0.05, 0.1) is 0 Å². The Bertz CT molecular complexity index is 895. The minimum Gasteiger partial charge on any atom is -0.488 e. The van der Waals surface area contributed by atoms with Gasteiger partial charge in [-0.25, -0.2) is 0 Å². The van der Waals surface area contributed by atoms with Crippen molar-refractivity contribution in [3.05, 3.63) is 87.1 Å². The monoisotopic (exact) mass is 386 g/mol. The molecule has 1 aromatic heterocycles. The summed E-state index contributed by atoms with van der Waals surface area (Å²) in [6, 6.07) is 17.0. The van der Waals surface area contributed by atoms with E-state index in [9.17, 15) is 9.59 Å². The summed E-state index contributed by atoms with van der Waals surface area (Å²) in [5.74, 6) is -0.288. The Balaban J connectivity index is 1.56. The molecule has 2 N–H and O–H groups in total. The number of nitrogens with one attached hydrogen (secondary N) is 2. The molecule has 26 heavy (non-hydrogen) atoms. The molecule has 2 aromatic carbocycles. The minimum atomic E-state index is -0.436. The first kappa shape index (κ1) is 18.0. The van der Waals surface area contributed by atoms with Gasteiger partial charge in [-0.15, -0.1) is 11.3 Å². The first-order valence-electron chi connectivity index (χ1n) is 7.73. The first-order chi connectivity index (χ1) is 12.6. The maximum Gasteiger partial charge on any atom is 0.269 e. The predicted octanol–water partition coefficient (Wildman–Crippen LogP) is 4.06. The average molecular weight is 387 g/mol. The smallest absolute Gasteiger partial charge is 0.269 e. The number of benzene rings is 2. The summed E-state index contributed by atoms with van der Waals surface area (Å²) in [5, 5.41) is 2.51. The quantitative estimate of drug-likeness (QED) is 0.650. The van der Waals surface area contributed by atoms with E-state index < -0.39 is 11.8 Å². The molecule has 1 heterocycles. The molecule has 5 nitrogen and oxygen atoms in total. The number of ether oxygens (including phenoxy) is 1. The number of hydrogen-bond donors (Lipinski definition) is 2. The second kappa shape index (κ2) is 8.51. The van der Waals surface area contributed by atoms with Crippen molar-refractivity contribution >= 4 is 34.8 Å². The van der Waals surface area contributed by atoms with E-state index in [1.165, 1.54) is 0 Å². The van der Waals surface area contributed by atoms with Gasteiger partial charge >= 0.3 is 0 Å². The molecule has 3 aromatic rings. The molecule has 0 atom stereocenters. The van der Waals surface area contributed by atoms with Crippen LogP contribution in [0, 0.1) is 0 Å². The summed E-state index contributed by atoms with van der Waals surface area (Å²) < 4.78 is 5.68. The number of hydrazine groups is 1. The van der Waals surface area contributed by atoms with Gasteiger partial charge in [0.15, 0.2) is 0 Å². The van der Waals surface area contributed by atoms with E-state index in [0.717, 1.165) is 4.88 Å². The fourth-order valence-corrected chi connectivity index (χ4v) is 2.88. The summed E-state index contributed by atoms with van der Waals surface area (Å²) >= 11 is 7.39. The standard InChI is InChI=1S/C19H15ClN2O3S/c20-15-8-6-13(7-9-15)18(23)21-22-19(24)14-3-1-4-16(11-14)25-12-17-5-2-10-26-17/h1-11H,12H2,(H,21,23)(H,22,24). The molecule has 0 radical (unpaired) electrons. The number of amides is 2. The second-order valence-corrected chi connectivity index (χ2v) is 6.78. The molecule has 2 amide bonds. The molecule has 0 bridgehead atoms. The van der Waals surface area contributed by atoms with Crippen molar-refractivity contribution < 1.29 is 14.3 Å². The van der Waals surface area contributed by atoms with Crippen LogP contribution in [0.5, 0.6) is 5.75 Å². The van der Waals surface area contributed by atoms with Gasteiger partial charge in [0, 0.05) is 21.0 Å². The number of halogens is 1. The largest absolute Gasteiger partial charge is 0.488 e. The fourth-order valence-electron chi connectivity index (χ4n) is 2.14. The minimum absolute atomic E-state index is 0.380. The molecule has 132 valence electrons. The van der Waals surface area contributed by atoms with Crippen LogP contribution >= 0.6 is 22.9 Å². The summed E-state index contributed by atoms with van der Waals surface area (Å²) in [6.45, 7) is 0.441. The zero-order valence-corrected chi connectivity index (χ0v) is 15.1. The molecular formula is C19H15ClN2O3S. The average Bonchev–Trinajstić information content (AvgIpc) is 3.18. The lowest BCUT2D eigenvalue weighted by Crippen LogP contribution is -2.41. The van der Waals surface area contributed by atoms with E-state index in [2.05, 4.69) is 10.9 Å². The molecule has 0 unspecified atom stereocenters. The van der Waals surface area contributed by atoms with Crippen molar-refractivity contribution in [3.8, 4) is 5.75 Å². The molecule has 0 aliphatic rings. The summed E-state index contributed by atoms with van der Waals surface area (Å²) in [4.78, 5) is 25.3. The van der Waals surface area contributed by atoms with Gasteiger partial charge in [0.25, 0.3) is 11.8 Å². The van der Waals surface area contributed by atoms with Gasteiger partial charge < -0.3 is 4.74 Å². The van der Waals surface area contributed by atoms with E-state index in [1.807, 2.05) is 17.5 Å². The Morgan fingerprint density at radius 2 is 1.65 bits per heavy atom. The molecule has 3 rings (SSSR count). The van der Waals surface area contributed by atoms with E-state index >= 15 is 0 Å². The van der Waals surface area contributed by atoms with Gasteiger partial charge in [-0.2, -0.15) is 0 Å². The van der Waals surface area contributed by atoms with Crippen molar-refractivity contribution in [1.82, 2.24) is 10.9 Å². The van der Waals surface area contributed by atoms with Crippen molar-refractivity contribution in [2.45, 2.75) is 6.61 Å². The van der Waals surface area contributed by atoms with Crippen LogP contribution < -0.4 is 15.6 Å². The molecule has 0 saturated carbocycles. The van der Waals surface area contributed by atoms with E-state index in [1.54, 1.807) is 59.9 Å². The zero-order valence-electron chi connectivity index (χ0n) is 13.6. The lowest BCUT2D eigenvalue weighted by Gasteiger charge is -2.09. The van der Waals surface area contributed by atoms with Gasteiger partial charge in [-0.3, -0.25) is 20.4 Å². The Kier molecular flexibility index (Phi) is 5.88. The van der Waals surface area contributed by atoms with Crippen LogP contribution in [-0.4, -0.2) is 11.8 Å². The third kappa shape index (κ3) is 4.84. The molecule has 0 aliphatic carbocycles. The SMILES string of the molecule is O=C(NNC(=O)c1cccc(OCc2cccs2)c1)c1ccc(Cl)cc1. The van der Waals surface area contributed by atoms with Crippen LogP contribution in [0.2, 0.25) is 5.02 Å². The summed E-state index contributed by atoms with van der Waals surface area (Å²) in [5.41, 5.74) is 5.52. The number of hydrogen-bond acceptors (Lipinski definition) is 4. The molecule has 7 heteroatoms. The van der Waals surface area contributed by atoms with E-state index in [-0.39, 0.29) is 0 Å². The van der Waals surface area contributed by atoms with Crippen molar-refractivity contribution in [2.24, 2.45) is 0 Å². The Morgan fingerprint density at radius 1 is 0.923 bits per heavy atom. The fraction of sp³-hybridized carbons (Fsp3) is 0.0526. The van der Waals surface area contributed by atoms with Gasteiger partial charge in [-0.05, 0) is 53.9 Å². The Labute approximate surface area is 159 Å². The highest BCUT2D eigenvalue weighted by Gasteiger charge is 2.10. The van der Waals surface area contributed by atoms with Crippen LogP contribution in [0.4, 0.5) is 0 Å². The third-order valence-electron chi connectivity index (χ3n) is 3.45. The molecule has 0 spiro atoms. The second-order valence-electron chi connectivity index (χ2n) is 5.31. The van der Waals surface area contributed by atoms with Gasteiger partial charge in [-0.1, -0.05) is 23.7 Å². The molecule has 0 saturated heterocycles. The van der Waals surface area contributed by atoms with Crippen LogP contribution in [0.15, 0.2) is 66.0 Å². The van der Waals surface area contributed by atoms with Crippen molar-refractivity contribution in [1.29, 1.82) is 0 Å². The molecule has 0 aliphatic heterocycles. The highest BCUT2D eigenvalue weighted by Crippen LogP contribution is 2.17. The molecular weight excluding hydrogens is 372 g/mol. The van der Waals surface area contributed by atoms with E-state index in [0.29, 0.717) is 28.5 Å². The topological polar surface area (TPSA) is 67.4 Å². The van der Waals surface area contributed by atoms with Gasteiger partial charge in [0.1, 0.15) is 12.4 Å². The molecule has 0 fully saturated rings. The summed E-state index contributed by atoms with van der Waals surface area (Å²) in [7, 11) is 0. The van der Waals surface area contributed by atoms with Crippen molar-refractivity contribution in [2.75, 3.05) is 0 Å². The lowest BCUT2D eigenvalue weighted by molar-refractivity contribution is 0.0846. The third-order valence-corrected chi connectivity index (χ3v) is 4.56. The highest BCUT2D eigenvalue weighted by atomic mass is 35.5. The predicted molar refractivity (Wildman–Crippen MR) is 101 cm³/mol. The lowest BCUT2D eigenvalue weighted by atomic mass is 10.2. The maximum atomic E-state index is 12.2. The Hall–Kier alpha value is -2.83. The van der Waals surface area contributed by atoms with Crippen LogP contribution in [-0.2, 0) is 6.61 Å². The van der Waals surface area contributed by atoms with Gasteiger partial charge in [0.2, 0.25) is 0 Å². The van der Waals surface area contributed by atoms with Crippen LogP contribution in [0.25, 0.3) is 0 Å². The zero-order chi connectivity index (χ0) is 18.4. The highest BCUT2D eigenvalue weighted by molar-refractivity contribution is 7.09. The number of thiophene rings is 1. The summed E-state index contributed by atoms with van der Waals surface area (Å²) in [6.07, 6.45) is 0.